The lowest BCUT2D eigenvalue weighted by molar-refractivity contribution is 0.723. The first-order valence-corrected chi connectivity index (χ1v) is 7.35. The fraction of sp³-hybridized carbons (Fsp3) is 0. The maximum absolute atomic E-state index is 12.4. The lowest BCUT2D eigenvalue weighted by Gasteiger charge is -2.07. The summed E-state index contributed by atoms with van der Waals surface area (Å²) in [5, 5.41) is 0. The summed E-state index contributed by atoms with van der Waals surface area (Å²) in [7, 11) is -8.65. The van der Waals surface area contributed by atoms with Crippen molar-refractivity contribution in [2.75, 3.05) is 0 Å². The highest BCUT2D eigenvalue weighted by atomic mass is 35.7. The smallest absolute Gasteiger partial charge is 0.186 e. The average Bonchev–Trinajstić information content (AvgIpc) is 1.49. The van der Waals surface area contributed by atoms with Crippen LogP contribution in [0.3, 0.4) is 0 Å². The molecule has 0 aliphatic carbocycles. The molecule has 66 valence electrons. The molecule has 0 aromatic carbocycles. The minimum absolute atomic E-state index is 2.24. The molecule has 0 amide bonds. The van der Waals surface area contributed by atoms with Crippen LogP contribution >= 0.6 is 34.1 Å². The van der Waals surface area contributed by atoms with Gasteiger partial charge in [0.05, 0.1) is 0 Å². The fourth-order valence-corrected chi connectivity index (χ4v) is 5.87. The van der Waals surface area contributed by atoms with Gasteiger partial charge in [0.2, 0.25) is 8.17 Å². The second-order valence-electron chi connectivity index (χ2n) is 1.47. The van der Waals surface area contributed by atoms with Crippen molar-refractivity contribution in [3.05, 3.63) is 0 Å². The molecule has 0 radical (unpaired) electrons. The monoisotopic (exact) mass is 247 g/mol. The van der Waals surface area contributed by atoms with E-state index < -0.39 is 22.9 Å². The predicted molar refractivity (Wildman–Crippen MR) is 39.7 cm³/mol. The Morgan fingerprint density at radius 3 is 2.18 bits per heavy atom. The quantitative estimate of drug-likeness (QED) is 0.415. The highest BCUT2D eigenvalue weighted by Crippen LogP contribution is 2.77. The third-order valence-electron chi connectivity index (χ3n) is 0.621. The van der Waals surface area contributed by atoms with Crippen LogP contribution in [0.15, 0.2) is 13.5 Å². The molecule has 2 atom stereocenters. The number of hydrogen-bond acceptors (Lipinski definition) is 3. The van der Waals surface area contributed by atoms with Crippen molar-refractivity contribution < 1.29 is 16.8 Å². The van der Waals surface area contributed by atoms with Gasteiger partial charge in [0.25, 0.3) is 0 Å². The summed E-state index contributed by atoms with van der Waals surface area (Å²) < 4.78 is 56.0. The first-order chi connectivity index (χ1) is 4.81. The molecule has 11 heavy (non-hydrogen) atoms. The van der Waals surface area contributed by atoms with E-state index in [2.05, 4.69) is 13.5 Å². The van der Waals surface area contributed by atoms with Crippen molar-refractivity contribution in [3.8, 4) is 0 Å². The SMILES string of the molecule is F[PH]1=NP(F)(F)=NP(F)(Cl)=N1. The molecule has 11 heteroatoms. The zero-order valence-electron chi connectivity index (χ0n) is 4.63. The largest absolute Gasteiger partial charge is 0.422 e. The highest BCUT2D eigenvalue weighted by molar-refractivity contribution is 7.92. The van der Waals surface area contributed by atoms with Gasteiger partial charge in [-0.2, -0.15) is 17.4 Å². The Morgan fingerprint density at radius 2 is 1.82 bits per heavy atom. The molecule has 0 fully saturated rings. The lowest BCUT2D eigenvalue weighted by Crippen LogP contribution is -1.60. The molecular formula is HClF4N3P3. The molecule has 0 spiro atoms. The molecule has 1 aliphatic heterocycles. The van der Waals surface area contributed by atoms with Gasteiger partial charge >= 0.3 is 14.7 Å². The molecule has 0 aromatic rings. The van der Waals surface area contributed by atoms with Gasteiger partial charge in [-0.05, 0) is 11.2 Å². The Hall–Kier alpha value is 0.700. The van der Waals surface area contributed by atoms with Gasteiger partial charge in [-0.25, -0.2) is 0 Å². The van der Waals surface area contributed by atoms with Crippen molar-refractivity contribution >= 4 is 34.1 Å². The lowest BCUT2D eigenvalue weighted by atomic mass is 13.8. The summed E-state index contributed by atoms with van der Waals surface area (Å²) in [6.07, 6.45) is 0. The summed E-state index contributed by atoms with van der Waals surface area (Å²) in [6.45, 7) is -4.42. The minimum Gasteiger partial charge on any atom is -0.186 e. The second-order valence-corrected chi connectivity index (χ2v) is 7.44. The second kappa shape index (κ2) is 2.88. The summed E-state index contributed by atoms with van der Waals surface area (Å²) in [5.74, 6) is 0. The van der Waals surface area contributed by atoms with E-state index in [1.54, 1.807) is 0 Å². The Labute approximate surface area is 65.2 Å². The highest BCUT2D eigenvalue weighted by Gasteiger charge is 2.29. The van der Waals surface area contributed by atoms with Gasteiger partial charge in [-0.3, -0.25) is 0 Å². The summed E-state index contributed by atoms with van der Waals surface area (Å²) in [4.78, 5) is 0. The van der Waals surface area contributed by atoms with Crippen LogP contribution in [0, 0.1) is 0 Å². The Morgan fingerprint density at radius 1 is 1.27 bits per heavy atom. The number of halogens is 5. The first-order valence-electron chi connectivity index (χ1n) is 2.11. The molecule has 1 heterocycles. The van der Waals surface area contributed by atoms with Crippen LogP contribution in [-0.2, 0) is 0 Å². The maximum Gasteiger partial charge on any atom is 0.422 e. The molecule has 0 bridgehead atoms. The van der Waals surface area contributed by atoms with Gasteiger partial charge in [0, 0.05) is 0 Å². The third-order valence-corrected chi connectivity index (χ3v) is 6.88. The number of hydrogen-bond donors (Lipinski definition) is 0. The topological polar surface area (TPSA) is 37.1 Å². The van der Waals surface area contributed by atoms with E-state index in [0.717, 1.165) is 0 Å². The molecule has 1 rings (SSSR count). The van der Waals surface area contributed by atoms with Crippen LogP contribution in [-0.4, -0.2) is 0 Å². The molecule has 0 N–H and O–H groups in total. The van der Waals surface area contributed by atoms with Crippen LogP contribution in [0.2, 0.25) is 0 Å². The van der Waals surface area contributed by atoms with Crippen molar-refractivity contribution in [1.82, 2.24) is 0 Å². The standard InChI is InChI=1S/ClF4HN3P3/c1-10(3)6-9(2)7-11(4,5)8-10/h9H. The van der Waals surface area contributed by atoms with Crippen LogP contribution < -0.4 is 0 Å². The molecular weight excluding hydrogens is 246 g/mol. The van der Waals surface area contributed by atoms with E-state index in [0.29, 0.717) is 0 Å². The van der Waals surface area contributed by atoms with E-state index in [1.165, 1.54) is 0 Å². The number of rotatable bonds is 0. The van der Waals surface area contributed by atoms with E-state index in [1.807, 2.05) is 0 Å². The Balaban J connectivity index is 3.31. The summed E-state index contributed by atoms with van der Waals surface area (Å²) >= 11 is 4.74. The van der Waals surface area contributed by atoms with E-state index in [4.69, 9.17) is 11.2 Å². The fourth-order valence-electron chi connectivity index (χ4n) is 0.388. The first kappa shape index (κ1) is 9.79. The van der Waals surface area contributed by atoms with Crippen LogP contribution in [0.5, 0.6) is 0 Å². The van der Waals surface area contributed by atoms with Crippen molar-refractivity contribution in [2.24, 2.45) is 13.5 Å². The van der Waals surface area contributed by atoms with Crippen molar-refractivity contribution in [3.63, 3.8) is 0 Å². The number of nitrogens with zero attached hydrogens (tertiary/aromatic N) is 3. The van der Waals surface area contributed by atoms with Gasteiger partial charge < -0.3 is 0 Å². The van der Waals surface area contributed by atoms with Gasteiger partial charge in [-0.15, -0.1) is 12.9 Å². The van der Waals surface area contributed by atoms with Crippen LogP contribution in [0.4, 0.5) is 16.8 Å². The minimum atomic E-state index is -5.15. The average molecular weight is 247 g/mol. The summed E-state index contributed by atoms with van der Waals surface area (Å²) in [5.41, 5.74) is 0. The zero-order chi connectivity index (χ0) is 8.70. The third kappa shape index (κ3) is 2.90. The van der Waals surface area contributed by atoms with E-state index in [-0.39, 0.29) is 0 Å². The molecule has 0 saturated heterocycles. The van der Waals surface area contributed by atoms with Gasteiger partial charge in [-0.1, -0.05) is 0 Å². The van der Waals surface area contributed by atoms with Crippen molar-refractivity contribution in [1.29, 1.82) is 0 Å². The van der Waals surface area contributed by atoms with Gasteiger partial charge in [0.1, 0.15) is 0 Å². The van der Waals surface area contributed by atoms with Crippen LogP contribution in [0.25, 0.3) is 0 Å². The van der Waals surface area contributed by atoms with E-state index in [9.17, 15) is 16.8 Å². The normalized spacial score (nSPS) is 41.7. The molecule has 3 nitrogen and oxygen atoms in total. The van der Waals surface area contributed by atoms with Gasteiger partial charge in [0.15, 0.2) is 0 Å². The zero-order valence-corrected chi connectivity index (χ0v) is 8.17. The summed E-state index contributed by atoms with van der Waals surface area (Å²) in [6, 6.07) is 0. The predicted octanol–water partition coefficient (Wildman–Crippen LogP) is 5.24. The molecule has 0 saturated carbocycles. The molecule has 2 unspecified atom stereocenters. The maximum atomic E-state index is 12.4. The van der Waals surface area contributed by atoms with Crippen LogP contribution in [0.1, 0.15) is 0 Å². The Kier molecular flexibility index (Phi) is 2.56. The molecule has 1 aliphatic rings. The van der Waals surface area contributed by atoms with Crippen molar-refractivity contribution in [2.45, 2.75) is 0 Å². The molecule has 0 aromatic heterocycles. The van der Waals surface area contributed by atoms with E-state index >= 15 is 0 Å². The Bertz CT molecular complexity index is 299.